The zero-order valence-electron chi connectivity index (χ0n) is 13.4. The second-order valence-corrected chi connectivity index (χ2v) is 5.15. The summed E-state index contributed by atoms with van der Waals surface area (Å²) in [6.07, 6.45) is 1.52. The van der Waals surface area contributed by atoms with Gasteiger partial charge in [0.2, 0.25) is 11.8 Å². The van der Waals surface area contributed by atoms with Gasteiger partial charge < -0.3 is 14.8 Å². The van der Waals surface area contributed by atoms with Crippen LogP contribution in [0.1, 0.15) is 5.56 Å². The summed E-state index contributed by atoms with van der Waals surface area (Å²) in [5, 5.41) is 3.01. The Labute approximate surface area is 147 Å². The molecule has 1 heterocycles. The average molecular weight is 361 g/mol. The normalized spacial score (nSPS) is 10.6. The first-order valence-electron chi connectivity index (χ1n) is 7.62. The van der Waals surface area contributed by atoms with E-state index >= 15 is 0 Å². The number of rotatable bonds is 7. The summed E-state index contributed by atoms with van der Waals surface area (Å²) >= 11 is 0. The minimum atomic E-state index is -2.85. The summed E-state index contributed by atoms with van der Waals surface area (Å²) in [6.45, 7) is -2.47. The Bertz CT molecular complexity index is 843. The van der Waals surface area contributed by atoms with Crippen LogP contribution in [0.15, 0.2) is 60.8 Å². The van der Waals surface area contributed by atoms with E-state index in [1.807, 2.05) is 0 Å². The number of hydrogen-bond acceptors (Lipinski definition) is 5. The number of benzene rings is 2. The van der Waals surface area contributed by atoms with Crippen LogP contribution in [0.5, 0.6) is 17.4 Å². The SMILES string of the molecule is Fc1ccc(Oc2ccnc(NCc3ccc(OC(F)F)cc3)n2)cc1. The minimum Gasteiger partial charge on any atom is -0.439 e. The first-order chi connectivity index (χ1) is 12.6. The van der Waals surface area contributed by atoms with Crippen LogP contribution in [0.3, 0.4) is 0 Å². The molecule has 8 heteroatoms. The number of nitrogens with zero attached hydrogens (tertiary/aromatic N) is 2. The molecule has 0 spiro atoms. The fourth-order valence-corrected chi connectivity index (χ4v) is 2.08. The molecule has 0 aliphatic carbocycles. The number of halogens is 3. The van der Waals surface area contributed by atoms with Gasteiger partial charge in [0.15, 0.2) is 0 Å². The summed E-state index contributed by atoms with van der Waals surface area (Å²) < 4.78 is 47.0. The van der Waals surface area contributed by atoms with Gasteiger partial charge in [0, 0.05) is 18.8 Å². The number of alkyl halides is 2. The zero-order chi connectivity index (χ0) is 18.4. The van der Waals surface area contributed by atoms with Crippen LogP contribution >= 0.6 is 0 Å². The molecule has 0 atom stereocenters. The smallest absolute Gasteiger partial charge is 0.387 e. The topological polar surface area (TPSA) is 56.3 Å². The van der Waals surface area contributed by atoms with Crippen LogP contribution in [0, 0.1) is 5.82 Å². The fourth-order valence-electron chi connectivity index (χ4n) is 2.08. The highest BCUT2D eigenvalue weighted by molar-refractivity contribution is 5.34. The Hall–Kier alpha value is -3.29. The van der Waals surface area contributed by atoms with Crippen molar-refractivity contribution in [3.05, 3.63) is 72.2 Å². The van der Waals surface area contributed by atoms with E-state index in [9.17, 15) is 13.2 Å². The molecule has 134 valence electrons. The Morgan fingerprint density at radius 1 is 0.923 bits per heavy atom. The molecule has 0 aliphatic rings. The molecular formula is C18H14F3N3O2. The summed E-state index contributed by atoms with van der Waals surface area (Å²) in [5.74, 6) is 0.819. The molecule has 0 saturated heterocycles. The number of anilines is 1. The summed E-state index contributed by atoms with van der Waals surface area (Å²) in [5.41, 5.74) is 0.833. The quantitative estimate of drug-likeness (QED) is 0.665. The summed E-state index contributed by atoms with van der Waals surface area (Å²) in [7, 11) is 0. The van der Waals surface area contributed by atoms with Gasteiger partial charge in [0.25, 0.3) is 0 Å². The summed E-state index contributed by atoms with van der Waals surface area (Å²) in [4.78, 5) is 8.28. The van der Waals surface area contributed by atoms with Crippen LogP contribution < -0.4 is 14.8 Å². The third-order valence-corrected chi connectivity index (χ3v) is 3.27. The van der Waals surface area contributed by atoms with Crippen molar-refractivity contribution >= 4 is 5.95 Å². The van der Waals surface area contributed by atoms with Crippen LogP contribution in [-0.4, -0.2) is 16.6 Å². The van der Waals surface area contributed by atoms with Gasteiger partial charge in [-0.3, -0.25) is 0 Å². The highest BCUT2D eigenvalue weighted by Gasteiger charge is 2.05. The second-order valence-electron chi connectivity index (χ2n) is 5.15. The highest BCUT2D eigenvalue weighted by atomic mass is 19.3. The van der Waals surface area contributed by atoms with Crippen molar-refractivity contribution in [1.29, 1.82) is 0 Å². The lowest BCUT2D eigenvalue weighted by Gasteiger charge is -2.09. The third-order valence-electron chi connectivity index (χ3n) is 3.27. The third kappa shape index (κ3) is 5.10. The van der Waals surface area contributed by atoms with Crippen molar-refractivity contribution in [3.8, 4) is 17.4 Å². The predicted octanol–water partition coefficient (Wildman–Crippen LogP) is 4.62. The molecular weight excluding hydrogens is 347 g/mol. The van der Waals surface area contributed by atoms with Crippen LogP contribution in [0.2, 0.25) is 0 Å². The predicted molar refractivity (Wildman–Crippen MR) is 88.9 cm³/mol. The lowest BCUT2D eigenvalue weighted by atomic mass is 10.2. The molecule has 0 radical (unpaired) electrons. The van der Waals surface area contributed by atoms with E-state index in [2.05, 4.69) is 20.0 Å². The fraction of sp³-hybridized carbons (Fsp3) is 0.111. The van der Waals surface area contributed by atoms with Gasteiger partial charge in [-0.05, 0) is 42.0 Å². The molecule has 0 saturated carbocycles. The standard InChI is InChI=1S/C18H14F3N3O2/c19-13-3-7-14(8-4-13)25-16-9-10-22-18(24-16)23-11-12-1-5-15(6-2-12)26-17(20)21/h1-10,17H,11H2,(H,22,23,24). The molecule has 0 bridgehead atoms. The molecule has 0 aliphatic heterocycles. The van der Waals surface area contributed by atoms with E-state index in [0.717, 1.165) is 5.56 Å². The molecule has 3 rings (SSSR count). The molecule has 0 fully saturated rings. The van der Waals surface area contributed by atoms with Crippen molar-refractivity contribution in [2.45, 2.75) is 13.2 Å². The molecule has 0 unspecified atom stereocenters. The molecule has 5 nitrogen and oxygen atoms in total. The van der Waals surface area contributed by atoms with Crippen molar-refractivity contribution in [2.24, 2.45) is 0 Å². The minimum absolute atomic E-state index is 0.0923. The van der Waals surface area contributed by atoms with E-state index in [-0.39, 0.29) is 11.6 Å². The van der Waals surface area contributed by atoms with Crippen molar-refractivity contribution in [3.63, 3.8) is 0 Å². The van der Waals surface area contributed by atoms with Crippen LogP contribution in [0.25, 0.3) is 0 Å². The van der Waals surface area contributed by atoms with E-state index in [1.165, 1.54) is 42.6 Å². The number of hydrogen-bond donors (Lipinski definition) is 1. The van der Waals surface area contributed by atoms with Crippen molar-refractivity contribution in [2.75, 3.05) is 5.32 Å². The molecule has 0 amide bonds. The number of aromatic nitrogens is 2. The molecule has 1 aromatic heterocycles. The average Bonchev–Trinajstić information content (AvgIpc) is 2.63. The highest BCUT2D eigenvalue weighted by Crippen LogP contribution is 2.20. The van der Waals surface area contributed by atoms with E-state index in [1.54, 1.807) is 18.2 Å². The van der Waals surface area contributed by atoms with Gasteiger partial charge in [-0.1, -0.05) is 12.1 Å². The molecule has 3 aromatic rings. The summed E-state index contributed by atoms with van der Waals surface area (Å²) in [6, 6.07) is 13.4. The van der Waals surface area contributed by atoms with Crippen molar-refractivity contribution in [1.82, 2.24) is 9.97 Å². The Kier molecular flexibility index (Phi) is 5.52. The molecule has 26 heavy (non-hydrogen) atoms. The molecule has 2 aromatic carbocycles. The number of ether oxygens (including phenoxy) is 2. The first-order valence-corrected chi connectivity index (χ1v) is 7.62. The van der Waals surface area contributed by atoms with E-state index < -0.39 is 6.61 Å². The van der Waals surface area contributed by atoms with Crippen LogP contribution in [-0.2, 0) is 6.54 Å². The first kappa shape index (κ1) is 17.5. The molecule has 1 N–H and O–H groups in total. The number of nitrogens with one attached hydrogen (secondary N) is 1. The Morgan fingerprint density at radius 3 is 2.31 bits per heavy atom. The van der Waals surface area contributed by atoms with Gasteiger partial charge in [-0.15, -0.1) is 0 Å². The maximum atomic E-state index is 12.9. The van der Waals surface area contributed by atoms with Gasteiger partial charge in [-0.25, -0.2) is 9.37 Å². The Morgan fingerprint density at radius 2 is 1.62 bits per heavy atom. The van der Waals surface area contributed by atoms with Gasteiger partial charge in [-0.2, -0.15) is 13.8 Å². The van der Waals surface area contributed by atoms with E-state index in [0.29, 0.717) is 24.1 Å². The largest absolute Gasteiger partial charge is 0.439 e. The second kappa shape index (κ2) is 8.19. The lowest BCUT2D eigenvalue weighted by molar-refractivity contribution is -0.0498. The van der Waals surface area contributed by atoms with Crippen molar-refractivity contribution < 1.29 is 22.6 Å². The monoisotopic (exact) mass is 361 g/mol. The van der Waals surface area contributed by atoms with Gasteiger partial charge in [0.1, 0.15) is 17.3 Å². The Balaban J connectivity index is 1.59. The van der Waals surface area contributed by atoms with Crippen LogP contribution in [0.4, 0.5) is 19.1 Å². The van der Waals surface area contributed by atoms with Gasteiger partial charge in [0.05, 0.1) is 0 Å². The van der Waals surface area contributed by atoms with E-state index in [4.69, 9.17) is 4.74 Å². The lowest BCUT2D eigenvalue weighted by Crippen LogP contribution is -2.05. The maximum absolute atomic E-state index is 12.9. The van der Waals surface area contributed by atoms with Gasteiger partial charge >= 0.3 is 6.61 Å². The maximum Gasteiger partial charge on any atom is 0.387 e. The zero-order valence-corrected chi connectivity index (χ0v) is 13.4.